The number of hydrogen-bond donors (Lipinski definition) is 1. The van der Waals surface area contributed by atoms with Gasteiger partial charge in [-0.3, -0.25) is 4.98 Å². The van der Waals surface area contributed by atoms with Crippen LogP contribution in [0.2, 0.25) is 5.02 Å². The van der Waals surface area contributed by atoms with Crippen molar-refractivity contribution in [2.75, 3.05) is 0 Å². The van der Waals surface area contributed by atoms with Crippen molar-refractivity contribution in [1.82, 2.24) is 14.6 Å². The molecule has 1 unspecified atom stereocenters. The Morgan fingerprint density at radius 3 is 3.05 bits per heavy atom. The Kier molecular flexibility index (Phi) is 3.38. The summed E-state index contributed by atoms with van der Waals surface area (Å²) in [5, 5.41) is 14.9. The number of halogens is 2. The van der Waals surface area contributed by atoms with E-state index in [9.17, 15) is 9.50 Å². The molecule has 3 rings (SSSR count). The maximum absolute atomic E-state index is 13.2. The number of nitrogens with zero attached hydrogens (tertiary/aromatic N) is 3. The highest BCUT2D eigenvalue weighted by molar-refractivity contribution is 6.31. The third kappa shape index (κ3) is 2.37. The molecule has 0 spiro atoms. The molecule has 2 aromatic heterocycles. The first-order valence-electron chi connectivity index (χ1n) is 6.04. The van der Waals surface area contributed by atoms with E-state index in [0.29, 0.717) is 21.7 Å². The Hall–Kier alpha value is -1.98. The van der Waals surface area contributed by atoms with Gasteiger partial charge in [0.25, 0.3) is 0 Å². The lowest BCUT2D eigenvalue weighted by atomic mass is 10.0. The molecule has 20 heavy (non-hydrogen) atoms. The minimum absolute atomic E-state index is 0.215. The number of aliphatic hydroxyl groups excluding tert-OH is 1. The van der Waals surface area contributed by atoms with Crippen LogP contribution >= 0.6 is 11.6 Å². The molecule has 0 saturated heterocycles. The van der Waals surface area contributed by atoms with Gasteiger partial charge in [-0.1, -0.05) is 11.6 Å². The fourth-order valence-corrected chi connectivity index (χ4v) is 2.32. The molecule has 0 amide bonds. The summed E-state index contributed by atoms with van der Waals surface area (Å²) in [5.74, 6) is -0.377. The lowest BCUT2D eigenvalue weighted by Crippen LogP contribution is -2.02. The van der Waals surface area contributed by atoms with Gasteiger partial charge in [-0.2, -0.15) is 5.10 Å². The van der Waals surface area contributed by atoms with Gasteiger partial charge in [-0.25, -0.2) is 8.91 Å². The van der Waals surface area contributed by atoms with Gasteiger partial charge in [0.1, 0.15) is 5.82 Å². The molecule has 0 bridgehead atoms. The minimum atomic E-state index is -0.823. The third-order valence-corrected chi connectivity index (χ3v) is 3.50. The van der Waals surface area contributed by atoms with Crippen molar-refractivity contribution in [3.63, 3.8) is 0 Å². The normalized spacial score (nSPS) is 12.8. The highest BCUT2D eigenvalue weighted by Gasteiger charge is 2.16. The van der Waals surface area contributed by atoms with Crippen molar-refractivity contribution < 1.29 is 9.50 Å². The van der Waals surface area contributed by atoms with E-state index in [2.05, 4.69) is 10.1 Å². The zero-order valence-electron chi connectivity index (χ0n) is 10.4. The van der Waals surface area contributed by atoms with Gasteiger partial charge in [0.05, 0.1) is 24.0 Å². The van der Waals surface area contributed by atoms with Gasteiger partial charge in [-0.05, 0) is 23.8 Å². The van der Waals surface area contributed by atoms with Gasteiger partial charge in [0.2, 0.25) is 0 Å². The van der Waals surface area contributed by atoms with Crippen LogP contribution in [0.4, 0.5) is 4.39 Å². The summed E-state index contributed by atoms with van der Waals surface area (Å²) in [6, 6.07) is 4.10. The average molecular weight is 292 g/mol. The zero-order chi connectivity index (χ0) is 14.1. The molecule has 0 aliphatic rings. The molecule has 1 N–H and O–H groups in total. The van der Waals surface area contributed by atoms with Crippen molar-refractivity contribution in [3.05, 3.63) is 65.0 Å². The van der Waals surface area contributed by atoms with Gasteiger partial charge in [0.15, 0.2) is 0 Å². The predicted octanol–water partition coefficient (Wildman–Crippen LogP) is 2.80. The van der Waals surface area contributed by atoms with E-state index in [4.69, 9.17) is 11.6 Å². The number of aromatic nitrogens is 3. The van der Waals surface area contributed by atoms with E-state index in [1.807, 2.05) is 0 Å². The monoisotopic (exact) mass is 291 g/mol. The molecule has 1 atom stereocenters. The Morgan fingerprint density at radius 1 is 1.35 bits per heavy atom. The van der Waals surface area contributed by atoms with E-state index in [1.54, 1.807) is 29.3 Å². The third-order valence-electron chi connectivity index (χ3n) is 3.13. The molecule has 0 fully saturated rings. The van der Waals surface area contributed by atoms with Crippen LogP contribution in [0.15, 0.2) is 43.0 Å². The molecule has 0 radical (unpaired) electrons. The van der Waals surface area contributed by atoms with Gasteiger partial charge in [-0.15, -0.1) is 0 Å². The first kappa shape index (κ1) is 13.0. The van der Waals surface area contributed by atoms with Crippen LogP contribution in [0.25, 0.3) is 5.52 Å². The van der Waals surface area contributed by atoms with E-state index >= 15 is 0 Å². The summed E-state index contributed by atoms with van der Waals surface area (Å²) in [5.41, 5.74) is 1.91. The van der Waals surface area contributed by atoms with Gasteiger partial charge in [0, 0.05) is 29.4 Å². The van der Waals surface area contributed by atoms with Crippen molar-refractivity contribution in [2.24, 2.45) is 0 Å². The Balaban J connectivity index is 1.93. The van der Waals surface area contributed by atoms with E-state index in [0.717, 1.165) is 0 Å². The van der Waals surface area contributed by atoms with Crippen molar-refractivity contribution in [3.8, 4) is 0 Å². The van der Waals surface area contributed by atoms with Crippen LogP contribution in [-0.4, -0.2) is 19.7 Å². The van der Waals surface area contributed by atoms with Crippen LogP contribution in [-0.2, 0) is 6.42 Å². The maximum Gasteiger partial charge on any atom is 0.123 e. The molecule has 3 aromatic rings. The minimum Gasteiger partial charge on any atom is -0.388 e. The fourth-order valence-electron chi connectivity index (χ4n) is 2.13. The fraction of sp³-hybridized carbons (Fsp3) is 0.143. The Bertz CT molecular complexity index is 759. The smallest absolute Gasteiger partial charge is 0.123 e. The molecular weight excluding hydrogens is 281 g/mol. The van der Waals surface area contributed by atoms with Crippen molar-refractivity contribution >= 4 is 17.1 Å². The number of benzene rings is 1. The first-order valence-corrected chi connectivity index (χ1v) is 6.42. The second-order valence-electron chi connectivity index (χ2n) is 4.46. The highest BCUT2D eigenvalue weighted by Crippen LogP contribution is 2.26. The summed E-state index contributed by atoms with van der Waals surface area (Å²) in [7, 11) is 0. The maximum atomic E-state index is 13.2. The Morgan fingerprint density at radius 2 is 2.20 bits per heavy atom. The molecule has 1 aromatic carbocycles. The lowest BCUT2D eigenvalue weighted by molar-refractivity contribution is 0.180. The number of fused-ring (bicyclic) bond motifs is 1. The standard InChI is InChI=1S/C14H11ClFN3O/c15-12-2-1-10(16)5-9(12)6-14(20)11-7-18-19-4-3-17-8-13(11)19/h1-5,7-8,14,20H,6H2. The van der Waals surface area contributed by atoms with Crippen molar-refractivity contribution in [1.29, 1.82) is 0 Å². The summed E-state index contributed by atoms with van der Waals surface area (Å²) >= 11 is 6.01. The summed E-state index contributed by atoms with van der Waals surface area (Å²) in [6.45, 7) is 0. The summed E-state index contributed by atoms with van der Waals surface area (Å²) in [6.07, 6.45) is 5.90. The summed E-state index contributed by atoms with van der Waals surface area (Å²) in [4.78, 5) is 4.01. The van der Waals surface area contributed by atoms with Crippen LogP contribution in [0.5, 0.6) is 0 Å². The van der Waals surface area contributed by atoms with E-state index in [1.165, 1.54) is 18.2 Å². The Labute approximate surface area is 119 Å². The quantitative estimate of drug-likeness (QED) is 0.807. The molecule has 2 heterocycles. The molecule has 0 saturated carbocycles. The largest absolute Gasteiger partial charge is 0.388 e. The van der Waals surface area contributed by atoms with Crippen LogP contribution < -0.4 is 0 Å². The number of rotatable bonds is 3. The highest BCUT2D eigenvalue weighted by atomic mass is 35.5. The molecule has 0 aliphatic heterocycles. The van der Waals surface area contributed by atoms with Crippen LogP contribution in [0.1, 0.15) is 17.2 Å². The molecule has 4 nitrogen and oxygen atoms in total. The molecule has 0 aliphatic carbocycles. The van der Waals surface area contributed by atoms with Crippen LogP contribution in [0.3, 0.4) is 0 Å². The number of hydrogen-bond acceptors (Lipinski definition) is 3. The van der Waals surface area contributed by atoms with Crippen molar-refractivity contribution in [2.45, 2.75) is 12.5 Å². The van der Waals surface area contributed by atoms with Gasteiger partial charge >= 0.3 is 0 Å². The second-order valence-corrected chi connectivity index (χ2v) is 4.87. The zero-order valence-corrected chi connectivity index (χ0v) is 11.1. The molecule has 102 valence electrons. The van der Waals surface area contributed by atoms with E-state index in [-0.39, 0.29) is 12.2 Å². The molecular formula is C14H11ClFN3O. The number of aliphatic hydroxyl groups is 1. The average Bonchev–Trinajstić information content (AvgIpc) is 2.87. The molecule has 6 heteroatoms. The second kappa shape index (κ2) is 5.19. The first-order chi connectivity index (χ1) is 9.65. The lowest BCUT2D eigenvalue weighted by Gasteiger charge is -2.10. The topological polar surface area (TPSA) is 50.4 Å². The SMILES string of the molecule is OC(Cc1cc(F)ccc1Cl)c1cnn2ccncc12. The summed E-state index contributed by atoms with van der Waals surface area (Å²) < 4.78 is 14.9. The van der Waals surface area contributed by atoms with Crippen LogP contribution in [0, 0.1) is 5.82 Å². The van der Waals surface area contributed by atoms with Gasteiger partial charge < -0.3 is 5.11 Å². The van der Waals surface area contributed by atoms with E-state index < -0.39 is 6.10 Å². The predicted molar refractivity (Wildman–Crippen MR) is 73.1 cm³/mol.